The van der Waals surface area contributed by atoms with Crippen molar-refractivity contribution in [3.63, 3.8) is 0 Å². The van der Waals surface area contributed by atoms with Crippen LogP contribution >= 0.6 is 12.4 Å². The van der Waals surface area contributed by atoms with E-state index < -0.39 is 10.0 Å². The molecule has 2 atom stereocenters. The highest BCUT2D eigenvalue weighted by Gasteiger charge is 2.28. The van der Waals surface area contributed by atoms with Gasteiger partial charge in [0.2, 0.25) is 10.0 Å². The molecule has 2 fully saturated rings. The first kappa shape index (κ1) is 15.2. The van der Waals surface area contributed by atoms with Gasteiger partial charge in [0, 0.05) is 12.6 Å². The van der Waals surface area contributed by atoms with Crippen LogP contribution in [0, 0.1) is 11.8 Å². The second kappa shape index (κ2) is 6.36. The van der Waals surface area contributed by atoms with Crippen molar-refractivity contribution >= 4 is 22.4 Å². The fourth-order valence-electron chi connectivity index (χ4n) is 2.42. The second-order valence-electron chi connectivity index (χ2n) is 5.37. The van der Waals surface area contributed by atoms with Gasteiger partial charge in [0.25, 0.3) is 0 Å². The predicted octanol–water partition coefficient (Wildman–Crippen LogP) is 1.26. The summed E-state index contributed by atoms with van der Waals surface area (Å²) in [7, 11) is -3.03. The maximum atomic E-state index is 11.7. The van der Waals surface area contributed by atoms with E-state index in [2.05, 4.69) is 4.72 Å². The summed E-state index contributed by atoms with van der Waals surface area (Å²) >= 11 is 0. The van der Waals surface area contributed by atoms with Crippen molar-refractivity contribution in [2.75, 3.05) is 12.3 Å². The number of hydrogen-bond acceptors (Lipinski definition) is 3. The van der Waals surface area contributed by atoms with E-state index in [1.807, 2.05) is 0 Å². The van der Waals surface area contributed by atoms with Crippen molar-refractivity contribution in [1.82, 2.24) is 4.72 Å². The largest absolute Gasteiger partial charge is 0.328 e. The number of nitrogens with two attached hydrogens (primary N) is 1. The van der Waals surface area contributed by atoms with Crippen molar-refractivity contribution in [2.24, 2.45) is 17.6 Å². The molecule has 0 aromatic carbocycles. The van der Waals surface area contributed by atoms with Crippen LogP contribution in [0.4, 0.5) is 0 Å². The SMILES string of the molecule is Cl.NC1CCCC(CNS(=O)(=O)CC2CC2)C1. The molecule has 2 saturated carbocycles. The number of rotatable bonds is 5. The molecule has 0 spiro atoms. The number of halogens is 1. The summed E-state index contributed by atoms with van der Waals surface area (Å²) in [4.78, 5) is 0. The number of sulfonamides is 1. The Morgan fingerprint density at radius 2 is 1.82 bits per heavy atom. The molecule has 0 amide bonds. The van der Waals surface area contributed by atoms with Gasteiger partial charge in [0.1, 0.15) is 0 Å². The molecule has 17 heavy (non-hydrogen) atoms. The van der Waals surface area contributed by atoms with E-state index in [1.54, 1.807) is 0 Å². The third-order valence-electron chi connectivity index (χ3n) is 3.57. The molecule has 4 nitrogen and oxygen atoms in total. The number of hydrogen-bond donors (Lipinski definition) is 2. The van der Waals surface area contributed by atoms with Gasteiger partial charge in [-0.1, -0.05) is 6.42 Å². The van der Waals surface area contributed by atoms with E-state index in [1.165, 1.54) is 0 Å². The second-order valence-corrected chi connectivity index (χ2v) is 7.22. The van der Waals surface area contributed by atoms with Crippen LogP contribution in [0.2, 0.25) is 0 Å². The van der Waals surface area contributed by atoms with Gasteiger partial charge in [-0.15, -0.1) is 12.4 Å². The van der Waals surface area contributed by atoms with Gasteiger partial charge in [-0.2, -0.15) is 0 Å². The Kier molecular flexibility index (Phi) is 5.70. The predicted molar refractivity (Wildman–Crippen MR) is 71.7 cm³/mol. The molecule has 0 aliphatic heterocycles. The zero-order valence-electron chi connectivity index (χ0n) is 10.1. The lowest BCUT2D eigenvalue weighted by Crippen LogP contribution is -2.36. The Bertz CT molecular complexity index is 330. The zero-order chi connectivity index (χ0) is 11.6. The van der Waals surface area contributed by atoms with Gasteiger partial charge < -0.3 is 5.73 Å². The lowest BCUT2D eigenvalue weighted by molar-refractivity contribution is 0.322. The highest BCUT2D eigenvalue weighted by atomic mass is 35.5. The van der Waals surface area contributed by atoms with Crippen molar-refractivity contribution in [3.05, 3.63) is 0 Å². The molecular weight excluding hydrogens is 260 g/mol. The van der Waals surface area contributed by atoms with E-state index >= 15 is 0 Å². The van der Waals surface area contributed by atoms with Crippen LogP contribution in [-0.4, -0.2) is 26.8 Å². The summed E-state index contributed by atoms with van der Waals surface area (Å²) in [6, 6.07) is 0.270. The van der Waals surface area contributed by atoms with E-state index in [4.69, 9.17) is 5.73 Å². The van der Waals surface area contributed by atoms with Crippen LogP contribution in [0.5, 0.6) is 0 Å². The molecule has 102 valence electrons. The highest BCUT2D eigenvalue weighted by Crippen LogP contribution is 2.30. The quantitative estimate of drug-likeness (QED) is 0.797. The molecular formula is C11H23ClN2O2S. The van der Waals surface area contributed by atoms with Crippen molar-refractivity contribution in [2.45, 2.75) is 44.6 Å². The Hall–Kier alpha value is 0.160. The van der Waals surface area contributed by atoms with Crippen LogP contribution in [0.25, 0.3) is 0 Å². The van der Waals surface area contributed by atoms with Gasteiger partial charge in [-0.3, -0.25) is 0 Å². The lowest BCUT2D eigenvalue weighted by Gasteiger charge is -2.26. The maximum Gasteiger partial charge on any atom is 0.211 e. The van der Waals surface area contributed by atoms with Crippen LogP contribution in [-0.2, 0) is 10.0 Å². The van der Waals surface area contributed by atoms with Crippen LogP contribution in [0.15, 0.2) is 0 Å². The first-order valence-corrected chi connectivity index (χ1v) is 7.93. The minimum Gasteiger partial charge on any atom is -0.328 e. The number of nitrogens with one attached hydrogen (secondary N) is 1. The normalized spacial score (nSPS) is 29.7. The first-order chi connectivity index (χ1) is 7.55. The summed E-state index contributed by atoms with van der Waals surface area (Å²) in [6.45, 7) is 0.586. The van der Waals surface area contributed by atoms with Gasteiger partial charge >= 0.3 is 0 Å². The molecule has 2 unspecified atom stereocenters. The molecule has 0 heterocycles. The summed E-state index contributed by atoms with van der Waals surface area (Å²) in [5.74, 6) is 1.19. The molecule has 2 aliphatic rings. The van der Waals surface area contributed by atoms with Gasteiger partial charge in [0.05, 0.1) is 5.75 Å². The van der Waals surface area contributed by atoms with Gasteiger partial charge in [0.15, 0.2) is 0 Å². The highest BCUT2D eigenvalue weighted by molar-refractivity contribution is 7.89. The molecule has 2 rings (SSSR count). The minimum atomic E-state index is -3.03. The molecule has 0 aromatic rings. The Morgan fingerprint density at radius 3 is 2.41 bits per heavy atom. The summed E-state index contributed by atoms with van der Waals surface area (Å²) in [6.07, 6.45) is 6.46. The Balaban J connectivity index is 0.00000144. The molecule has 0 bridgehead atoms. The average Bonchev–Trinajstić information content (AvgIpc) is 2.98. The van der Waals surface area contributed by atoms with Crippen molar-refractivity contribution in [3.8, 4) is 0 Å². The standard InChI is InChI=1S/C11H22N2O2S.ClH/c12-11-3-1-2-10(6-11)7-13-16(14,15)8-9-4-5-9;/h9-11,13H,1-8,12H2;1H. The van der Waals surface area contributed by atoms with Gasteiger partial charge in [-0.05, 0) is 43.9 Å². The lowest BCUT2D eigenvalue weighted by atomic mass is 9.86. The summed E-state index contributed by atoms with van der Waals surface area (Å²) in [5.41, 5.74) is 5.88. The Morgan fingerprint density at radius 1 is 1.12 bits per heavy atom. The summed E-state index contributed by atoms with van der Waals surface area (Å²) in [5, 5.41) is 0. The smallest absolute Gasteiger partial charge is 0.211 e. The molecule has 0 aromatic heterocycles. The fourth-order valence-corrected chi connectivity index (χ4v) is 3.98. The molecule has 0 saturated heterocycles. The zero-order valence-corrected chi connectivity index (χ0v) is 11.7. The first-order valence-electron chi connectivity index (χ1n) is 6.28. The molecule has 0 radical (unpaired) electrons. The monoisotopic (exact) mass is 282 g/mol. The minimum absolute atomic E-state index is 0. The van der Waals surface area contributed by atoms with Crippen LogP contribution < -0.4 is 10.5 Å². The third-order valence-corrected chi connectivity index (χ3v) is 5.08. The van der Waals surface area contributed by atoms with E-state index in [0.29, 0.717) is 24.1 Å². The van der Waals surface area contributed by atoms with E-state index in [-0.39, 0.29) is 18.4 Å². The third kappa shape index (κ3) is 5.55. The van der Waals surface area contributed by atoms with Crippen molar-refractivity contribution < 1.29 is 8.42 Å². The van der Waals surface area contributed by atoms with Crippen LogP contribution in [0.3, 0.4) is 0 Å². The fraction of sp³-hybridized carbons (Fsp3) is 1.00. The van der Waals surface area contributed by atoms with Gasteiger partial charge in [-0.25, -0.2) is 13.1 Å². The van der Waals surface area contributed by atoms with E-state index in [0.717, 1.165) is 38.5 Å². The molecule has 6 heteroatoms. The molecule has 3 N–H and O–H groups in total. The average molecular weight is 283 g/mol. The van der Waals surface area contributed by atoms with Crippen LogP contribution in [0.1, 0.15) is 38.5 Å². The molecule has 2 aliphatic carbocycles. The Labute approximate surface area is 110 Å². The maximum absolute atomic E-state index is 11.7. The topological polar surface area (TPSA) is 72.2 Å². The van der Waals surface area contributed by atoms with E-state index in [9.17, 15) is 8.42 Å². The van der Waals surface area contributed by atoms with Crippen molar-refractivity contribution in [1.29, 1.82) is 0 Å². The summed E-state index contributed by atoms with van der Waals surface area (Å²) < 4.78 is 26.1.